The third-order valence-corrected chi connectivity index (χ3v) is 5.64. The maximum atomic E-state index is 13.4. The van der Waals surface area contributed by atoms with Crippen molar-refractivity contribution in [3.8, 4) is 0 Å². The van der Waals surface area contributed by atoms with Crippen LogP contribution in [-0.4, -0.2) is 32.2 Å². The number of fused-ring (bicyclic) bond motifs is 1. The molecule has 0 atom stereocenters. The Morgan fingerprint density at radius 2 is 1.81 bits per heavy atom. The van der Waals surface area contributed by atoms with E-state index in [0.717, 1.165) is 12.1 Å². The third kappa shape index (κ3) is 5.12. The van der Waals surface area contributed by atoms with Gasteiger partial charge in [-0.25, -0.2) is 4.39 Å². The van der Waals surface area contributed by atoms with Gasteiger partial charge >= 0.3 is 0 Å². The van der Waals surface area contributed by atoms with Crippen LogP contribution < -0.4 is 10.6 Å². The zero-order valence-corrected chi connectivity index (χ0v) is 18.0. The van der Waals surface area contributed by atoms with Crippen LogP contribution in [0.25, 0.3) is 5.65 Å². The second-order valence-corrected chi connectivity index (χ2v) is 7.92. The first kappa shape index (κ1) is 21.5. The van der Waals surface area contributed by atoms with E-state index in [1.807, 2.05) is 24.3 Å². The molecule has 4 aromatic rings. The van der Waals surface area contributed by atoms with Gasteiger partial charge in [-0.1, -0.05) is 36.9 Å². The van der Waals surface area contributed by atoms with E-state index in [4.69, 9.17) is 0 Å². The van der Waals surface area contributed by atoms with E-state index in [-0.39, 0.29) is 11.7 Å². The summed E-state index contributed by atoms with van der Waals surface area (Å²) < 4.78 is 15.0. The average Bonchev–Trinajstić information content (AvgIpc) is 3.20. The van der Waals surface area contributed by atoms with Gasteiger partial charge in [0, 0.05) is 17.6 Å². The lowest BCUT2D eigenvalue weighted by Gasteiger charge is -2.07. The Balaban J connectivity index is 1.42. The highest BCUT2D eigenvalue weighted by Crippen LogP contribution is 2.19. The zero-order chi connectivity index (χ0) is 22.5. The summed E-state index contributed by atoms with van der Waals surface area (Å²) >= 11 is 1.21. The number of aromatic nitrogens is 3. The SMILES string of the molecule is CCc1ccc(NC(=O)CSc2nnc3ccc(C(=O)Nc4cccc(F)c4)cn23)cc1. The van der Waals surface area contributed by atoms with Gasteiger partial charge in [-0.15, -0.1) is 10.2 Å². The van der Waals surface area contributed by atoms with Crippen molar-refractivity contribution < 1.29 is 14.0 Å². The van der Waals surface area contributed by atoms with E-state index >= 15 is 0 Å². The van der Waals surface area contributed by atoms with Crippen molar-refractivity contribution in [3.63, 3.8) is 0 Å². The molecule has 7 nitrogen and oxygen atoms in total. The number of nitrogens with zero attached hydrogens (tertiary/aromatic N) is 3. The second kappa shape index (κ2) is 9.61. The largest absolute Gasteiger partial charge is 0.325 e. The summed E-state index contributed by atoms with van der Waals surface area (Å²) in [6.45, 7) is 2.07. The monoisotopic (exact) mass is 449 g/mol. The molecule has 2 aromatic carbocycles. The molecular weight excluding hydrogens is 429 g/mol. The minimum atomic E-state index is -0.435. The molecule has 0 fully saturated rings. The normalized spacial score (nSPS) is 10.8. The first-order chi connectivity index (χ1) is 15.5. The van der Waals surface area contributed by atoms with Crippen LogP contribution >= 0.6 is 11.8 Å². The lowest BCUT2D eigenvalue weighted by molar-refractivity contribution is -0.113. The molecule has 0 radical (unpaired) electrons. The molecule has 4 rings (SSSR count). The van der Waals surface area contributed by atoms with Crippen LogP contribution in [-0.2, 0) is 11.2 Å². The Hall–Kier alpha value is -3.72. The number of rotatable bonds is 7. The summed E-state index contributed by atoms with van der Waals surface area (Å²) in [7, 11) is 0. The molecule has 9 heteroatoms. The van der Waals surface area contributed by atoms with E-state index in [0.29, 0.717) is 22.1 Å². The minimum Gasteiger partial charge on any atom is -0.325 e. The zero-order valence-electron chi connectivity index (χ0n) is 17.2. The van der Waals surface area contributed by atoms with Crippen LogP contribution in [0.1, 0.15) is 22.8 Å². The second-order valence-electron chi connectivity index (χ2n) is 6.98. The summed E-state index contributed by atoms with van der Waals surface area (Å²) in [5.74, 6) is -0.863. The van der Waals surface area contributed by atoms with Gasteiger partial charge in [0.25, 0.3) is 5.91 Å². The molecule has 2 aromatic heterocycles. The number of thioether (sulfide) groups is 1. The van der Waals surface area contributed by atoms with E-state index in [1.54, 1.807) is 28.8 Å². The van der Waals surface area contributed by atoms with Crippen molar-refractivity contribution >= 4 is 40.6 Å². The molecule has 162 valence electrons. The number of benzene rings is 2. The van der Waals surface area contributed by atoms with Crippen molar-refractivity contribution in [2.45, 2.75) is 18.5 Å². The fraction of sp³-hybridized carbons (Fsp3) is 0.130. The Kier molecular flexibility index (Phi) is 6.46. The number of aryl methyl sites for hydroxylation is 1. The molecule has 2 amide bonds. The summed E-state index contributed by atoms with van der Waals surface area (Å²) in [6, 6.07) is 16.6. The Bertz CT molecular complexity index is 1270. The highest BCUT2D eigenvalue weighted by Gasteiger charge is 2.13. The highest BCUT2D eigenvalue weighted by atomic mass is 32.2. The molecule has 2 N–H and O–H groups in total. The van der Waals surface area contributed by atoms with Crippen molar-refractivity contribution in [1.29, 1.82) is 0 Å². The van der Waals surface area contributed by atoms with Gasteiger partial charge in [-0.05, 0) is 54.4 Å². The Labute approximate surface area is 188 Å². The molecule has 0 saturated heterocycles. The number of carbonyl (C=O) groups excluding carboxylic acids is 2. The van der Waals surface area contributed by atoms with Crippen LogP contribution in [0.4, 0.5) is 15.8 Å². The number of amides is 2. The van der Waals surface area contributed by atoms with Crippen molar-refractivity contribution in [2.75, 3.05) is 16.4 Å². The number of halogens is 1. The smallest absolute Gasteiger partial charge is 0.257 e. The summed E-state index contributed by atoms with van der Waals surface area (Å²) in [5, 5.41) is 14.2. The van der Waals surface area contributed by atoms with Crippen LogP contribution in [0.5, 0.6) is 0 Å². The molecule has 0 unspecified atom stereocenters. The maximum Gasteiger partial charge on any atom is 0.257 e. The lowest BCUT2D eigenvalue weighted by atomic mass is 10.1. The van der Waals surface area contributed by atoms with E-state index in [9.17, 15) is 14.0 Å². The summed E-state index contributed by atoms with van der Waals surface area (Å²) in [5.41, 5.74) is 3.19. The number of hydrogen-bond donors (Lipinski definition) is 2. The van der Waals surface area contributed by atoms with Crippen LogP contribution in [0.15, 0.2) is 72.0 Å². The number of carbonyl (C=O) groups is 2. The molecule has 0 aliphatic carbocycles. The van der Waals surface area contributed by atoms with Gasteiger partial charge in [0.15, 0.2) is 10.8 Å². The van der Waals surface area contributed by atoms with E-state index < -0.39 is 11.7 Å². The molecule has 32 heavy (non-hydrogen) atoms. The Morgan fingerprint density at radius 1 is 1.00 bits per heavy atom. The van der Waals surface area contributed by atoms with Crippen LogP contribution in [0.2, 0.25) is 0 Å². The number of pyridine rings is 1. The van der Waals surface area contributed by atoms with E-state index in [1.165, 1.54) is 35.5 Å². The molecule has 2 heterocycles. The first-order valence-corrected chi connectivity index (χ1v) is 10.9. The number of anilines is 2. The lowest BCUT2D eigenvalue weighted by Crippen LogP contribution is -2.14. The predicted octanol–water partition coefficient (Wildman–Crippen LogP) is 4.41. The molecule has 0 aliphatic heterocycles. The number of hydrogen-bond acceptors (Lipinski definition) is 5. The molecule has 0 bridgehead atoms. The maximum absolute atomic E-state index is 13.4. The summed E-state index contributed by atoms with van der Waals surface area (Å²) in [6.07, 6.45) is 2.53. The van der Waals surface area contributed by atoms with Gasteiger partial charge in [-0.2, -0.15) is 0 Å². The molecular formula is C23H20FN5O2S. The number of nitrogens with one attached hydrogen (secondary N) is 2. The van der Waals surface area contributed by atoms with Crippen molar-refractivity contribution in [1.82, 2.24) is 14.6 Å². The van der Waals surface area contributed by atoms with Gasteiger partial charge < -0.3 is 10.6 Å². The molecule has 0 saturated carbocycles. The first-order valence-electron chi connectivity index (χ1n) is 9.95. The fourth-order valence-electron chi connectivity index (χ4n) is 3.02. The van der Waals surface area contributed by atoms with Gasteiger partial charge in [0.1, 0.15) is 5.82 Å². The predicted molar refractivity (Wildman–Crippen MR) is 123 cm³/mol. The van der Waals surface area contributed by atoms with Gasteiger partial charge in [-0.3, -0.25) is 14.0 Å². The van der Waals surface area contributed by atoms with Crippen molar-refractivity contribution in [3.05, 3.63) is 83.8 Å². The quantitative estimate of drug-likeness (QED) is 0.408. The molecule has 0 spiro atoms. The highest BCUT2D eigenvalue weighted by molar-refractivity contribution is 7.99. The summed E-state index contributed by atoms with van der Waals surface area (Å²) in [4.78, 5) is 24.9. The van der Waals surface area contributed by atoms with Gasteiger partial charge in [0.2, 0.25) is 5.91 Å². The minimum absolute atomic E-state index is 0.135. The average molecular weight is 450 g/mol. The van der Waals surface area contributed by atoms with Crippen LogP contribution in [0, 0.1) is 5.82 Å². The van der Waals surface area contributed by atoms with Crippen LogP contribution in [0.3, 0.4) is 0 Å². The third-order valence-electron chi connectivity index (χ3n) is 4.69. The fourth-order valence-corrected chi connectivity index (χ4v) is 3.74. The molecule has 0 aliphatic rings. The Morgan fingerprint density at radius 3 is 2.56 bits per heavy atom. The van der Waals surface area contributed by atoms with Gasteiger partial charge in [0.05, 0.1) is 11.3 Å². The standard InChI is InChI=1S/C23H20FN5O2S/c1-2-15-6-9-18(10-7-15)25-21(30)14-32-23-28-27-20-11-8-16(13-29(20)23)22(31)26-19-5-3-4-17(24)12-19/h3-13H,2,14H2,1H3,(H,25,30)(H,26,31). The van der Waals surface area contributed by atoms with Crippen molar-refractivity contribution in [2.24, 2.45) is 0 Å². The topological polar surface area (TPSA) is 88.4 Å². The van der Waals surface area contributed by atoms with E-state index in [2.05, 4.69) is 27.8 Å².